The highest BCUT2D eigenvalue weighted by molar-refractivity contribution is 7.13. The molecule has 2 amide bonds. The second kappa shape index (κ2) is 10.7. The first-order valence-electron chi connectivity index (χ1n) is 8.95. The third-order valence-electron chi connectivity index (χ3n) is 4.11. The van der Waals surface area contributed by atoms with Crippen molar-refractivity contribution < 1.29 is 9.59 Å². The number of hydrogen-bond acceptors (Lipinski definition) is 5. The minimum Gasteiger partial charge on any atom is -0.326 e. The minimum absolute atomic E-state index is 0.00420. The molecule has 140 valence electrons. The number of carbonyl (C=O) groups excluding carboxylic acids is 2. The van der Waals surface area contributed by atoms with Gasteiger partial charge in [0.2, 0.25) is 5.91 Å². The first-order chi connectivity index (χ1) is 12.6. The van der Waals surface area contributed by atoms with Crippen LogP contribution in [-0.4, -0.2) is 41.3 Å². The van der Waals surface area contributed by atoms with Gasteiger partial charge in [-0.2, -0.15) is 0 Å². The molecule has 2 aromatic rings. The molecule has 0 unspecified atom stereocenters. The average Bonchev–Trinajstić information content (AvgIpc) is 3.15. The van der Waals surface area contributed by atoms with Crippen molar-refractivity contribution in [3.63, 3.8) is 0 Å². The molecule has 2 N–H and O–H groups in total. The summed E-state index contributed by atoms with van der Waals surface area (Å²) in [5.41, 5.74) is 1.22. The number of nitrogens with zero attached hydrogens (tertiary/aromatic N) is 2. The van der Waals surface area contributed by atoms with Gasteiger partial charge in [0.1, 0.15) is 0 Å². The van der Waals surface area contributed by atoms with Gasteiger partial charge in [-0.3, -0.25) is 14.9 Å². The van der Waals surface area contributed by atoms with Crippen LogP contribution in [-0.2, 0) is 4.79 Å². The Bertz CT molecular complexity index is 682. The fourth-order valence-electron chi connectivity index (χ4n) is 2.54. The van der Waals surface area contributed by atoms with Crippen LogP contribution >= 0.6 is 11.3 Å². The molecule has 6 nitrogen and oxygen atoms in total. The molecule has 7 heteroatoms. The van der Waals surface area contributed by atoms with Gasteiger partial charge in [0.25, 0.3) is 5.91 Å². The number of rotatable bonds is 10. The van der Waals surface area contributed by atoms with Crippen molar-refractivity contribution in [1.29, 1.82) is 0 Å². The molecule has 0 saturated heterocycles. The number of nitrogens with one attached hydrogen (secondary N) is 2. The fraction of sp³-hybridized carbons (Fsp3) is 0.421. The van der Waals surface area contributed by atoms with Crippen LogP contribution in [0.15, 0.2) is 35.8 Å². The first kappa shape index (κ1) is 20.1. The molecular weight excluding hydrogens is 348 g/mol. The monoisotopic (exact) mass is 374 g/mol. The highest BCUT2D eigenvalue weighted by Crippen LogP contribution is 2.15. The van der Waals surface area contributed by atoms with Gasteiger partial charge in [0, 0.05) is 29.2 Å². The third-order valence-corrected chi connectivity index (χ3v) is 4.79. The maximum absolute atomic E-state index is 12.1. The fourth-order valence-corrected chi connectivity index (χ4v) is 3.07. The summed E-state index contributed by atoms with van der Waals surface area (Å²) in [5.74, 6) is -0.209. The number of carbonyl (C=O) groups is 2. The van der Waals surface area contributed by atoms with Gasteiger partial charge in [-0.1, -0.05) is 13.8 Å². The lowest BCUT2D eigenvalue weighted by molar-refractivity contribution is -0.116. The van der Waals surface area contributed by atoms with Gasteiger partial charge < -0.3 is 10.2 Å². The smallest absolute Gasteiger partial charge is 0.257 e. The number of amides is 2. The van der Waals surface area contributed by atoms with Crippen molar-refractivity contribution in [2.75, 3.05) is 30.3 Å². The summed E-state index contributed by atoms with van der Waals surface area (Å²) in [7, 11) is 0. The van der Waals surface area contributed by atoms with E-state index in [9.17, 15) is 9.59 Å². The first-order valence-corrected chi connectivity index (χ1v) is 9.83. The molecule has 0 saturated carbocycles. The van der Waals surface area contributed by atoms with Crippen molar-refractivity contribution in [2.24, 2.45) is 0 Å². The van der Waals surface area contributed by atoms with E-state index in [1.54, 1.807) is 35.8 Å². The second-order valence-corrected chi connectivity index (χ2v) is 6.80. The van der Waals surface area contributed by atoms with Gasteiger partial charge in [-0.15, -0.1) is 11.3 Å². The van der Waals surface area contributed by atoms with E-state index < -0.39 is 0 Å². The SMILES string of the molecule is CCN(CC)CCCCC(=O)Nc1ccc(C(=O)Nc2nccs2)cc1. The van der Waals surface area contributed by atoms with Gasteiger partial charge in [0.15, 0.2) is 5.13 Å². The average molecular weight is 375 g/mol. The van der Waals surface area contributed by atoms with Crippen LogP contribution in [0.4, 0.5) is 10.8 Å². The molecule has 0 spiro atoms. The van der Waals surface area contributed by atoms with E-state index in [4.69, 9.17) is 0 Å². The van der Waals surface area contributed by atoms with Crippen molar-refractivity contribution >= 4 is 34.0 Å². The van der Waals surface area contributed by atoms with Crippen LogP contribution in [0.5, 0.6) is 0 Å². The highest BCUT2D eigenvalue weighted by atomic mass is 32.1. The Kier molecular flexibility index (Phi) is 8.24. The lowest BCUT2D eigenvalue weighted by Crippen LogP contribution is -2.24. The topological polar surface area (TPSA) is 74.3 Å². The number of benzene rings is 1. The maximum Gasteiger partial charge on any atom is 0.257 e. The molecule has 0 atom stereocenters. The summed E-state index contributed by atoms with van der Waals surface area (Å²) in [6.45, 7) is 7.42. The molecule has 1 aromatic carbocycles. The van der Waals surface area contributed by atoms with E-state index >= 15 is 0 Å². The number of hydrogen-bond donors (Lipinski definition) is 2. The molecule has 2 rings (SSSR count). The zero-order valence-electron chi connectivity index (χ0n) is 15.3. The molecule has 0 fully saturated rings. The summed E-state index contributed by atoms with van der Waals surface area (Å²) >= 11 is 1.37. The third kappa shape index (κ3) is 6.57. The van der Waals surface area contributed by atoms with Gasteiger partial charge in [-0.25, -0.2) is 4.98 Å². The van der Waals surface area contributed by atoms with E-state index in [0.29, 0.717) is 22.8 Å². The predicted octanol–water partition coefficient (Wildman–Crippen LogP) is 3.85. The van der Waals surface area contributed by atoms with Crippen LogP contribution in [0.2, 0.25) is 0 Å². The van der Waals surface area contributed by atoms with E-state index in [2.05, 4.69) is 34.4 Å². The molecule has 1 heterocycles. The van der Waals surface area contributed by atoms with E-state index in [1.165, 1.54) is 11.3 Å². The van der Waals surface area contributed by atoms with Gasteiger partial charge in [-0.05, 0) is 56.7 Å². The number of thiazole rings is 1. The van der Waals surface area contributed by atoms with E-state index in [0.717, 1.165) is 32.5 Å². The summed E-state index contributed by atoms with van der Waals surface area (Å²) in [6.07, 6.45) is 4.04. The van der Waals surface area contributed by atoms with Crippen LogP contribution in [0.25, 0.3) is 0 Å². The standard InChI is InChI=1S/C19H26N4O2S/c1-3-23(4-2)13-6-5-7-17(24)21-16-10-8-15(9-11-16)18(25)22-19-20-12-14-26-19/h8-12,14H,3-7,13H2,1-2H3,(H,21,24)(H,20,22,25). The van der Waals surface area contributed by atoms with Crippen LogP contribution in [0.3, 0.4) is 0 Å². The quantitative estimate of drug-likeness (QED) is 0.620. The van der Waals surface area contributed by atoms with Crippen LogP contribution < -0.4 is 10.6 Å². The zero-order valence-corrected chi connectivity index (χ0v) is 16.1. The Hall–Kier alpha value is -2.25. The summed E-state index contributed by atoms with van der Waals surface area (Å²) in [6, 6.07) is 6.87. The Labute approximate surface area is 158 Å². The summed E-state index contributed by atoms with van der Waals surface area (Å²) in [4.78, 5) is 30.5. The predicted molar refractivity (Wildman–Crippen MR) is 107 cm³/mol. The van der Waals surface area contributed by atoms with Gasteiger partial charge >= 0.3 is 0 Å². The van der Waals surface area contributed by atoms with E-state index in [1.807, 2.05) is 0 Å². The summed E-state index contributed by atoms with van der Waals surface area (Å²) in [5, 5.41) is 7.97. The van der Waals surface area contributed by atoms with Crippen molar-refractivity contribution in [2.45, 2.75) is 33.1 Å². The summed E-state index contributed by atoms with van der Waals surface area (Å²) < 4.78 is 0. The van der Waals surface area contributed by atoms with E-state index in [-0.39, 0.29) is 11.8 Å². The van der Waals surface area contributed by atoms with Crippen LogP contribution in [0.1, 0.15) is 43.5 Å². The van der Waals surface area contributed by atoms with Crippen molar-refractivity contribution in [3.05, 3.63) is 41.4 Å². The van der Waals surface area contributed by atoms with Crippen molar-refractivity contribution in [1.82, 2.24) is 9.88 Å². The zero-order chi connectivity index (χ0) is 18.8. The Balaban J connectivity index is 1.74. The molecule has 0 aliphatic carbocycles. The molecule has 0 aliphatic heterocycles. The number of anilines is 2. The molecule has 0 aliphatic rings. The van der Waals surface area contributed by atoms with Crippen molar-refractivity contribution in [3.8, 4) is 0 Å². The number of unbranched alkanes of at least 4 members (excludes halogenated alkanes) is 1. The van der Waals surface area contributed by atoms with Gasteiger partial charge in [0.05, 0.1) is 0 Å². The molecular formula is C19H26N4O2S. The normalized spacial score (nSPS) is 10.7. The number of aromatic nitrogens is 1. The molecule has 0 bridgehead atoms. The molecule has 0 radical (unpaired) electrons. The molecule has 26 heavy (non-hydrogen) atoms. The maximum atomic E-state index is 12.1. The largest absolute Gasteiger partial charge is 0.326 e. The minimum atomic E-state index is -0.214. The van der Waals surface area contributed by atoms with Crippen LogP contribution in [0, 0.1) is 0 Å². The lowest BCUT2D eigenvalue weighted by atomic mass is 10.2. The Morgan fingerprint density at radius 2 is 1.81 bits per heavy atom. The lowest BCUT2D eigenvalue weighted by Gasteiger charge is -2.17. The molecule has 1 aromatic heterocycles. The second-order valence-electron chi connectivity index (χ2n) is 5.90. The highest BCUT2D eigenvalue weighted by Gasteiger charge is 2.08. The Morgan fingerprint density at radius 3 is 2.42 bits per heavy atom. The Morgan fingerprint density at radius 1 is 1.08 bits per heavy atom.